The second kappa shape index (κ2) is 10.5. The van der Waals surface area contributed by atoms with Crippen LogP contribution in [0.2, 0.25) is 0 Å². The van der Waals surface area contributed by atoms with Crippen LogP contribution in [0.25, 0.3) is 0 Å². The van der Waals surface area contributed by atoms with Gasteiger partial charge < -0.3 is 24.3 Å². The van der Waals surface area contributed by atoms with Crippen LogP contribution in [0, 0.1) is 0 Å². The Balaban J connectivity index is 2.04. The van der Waals surface area contributed by atoms with E-state index in [1.807, 2.05) is 6.92 Å². The van der Waals surface area contributed by atoms with Crippen LogP contribution >= 0.6 is 11.3 Å². The highest BCUT2D eigenvalue weighted by Crippen LogP contribution is 2.29. The Morgan fingerprint density at radius 1 is 0.931 bits per heavy atom. The fraction of sp³-hybridized carbons (Fsp3) is 0.350. The molecule has 1 N–H and O–H groups in total. The predicted octanol–water partition coefficient (Wildman–Crippen LogP) is 3.30. The minimum Gasteiger partial charge on any atom is -0.497 e. The van der Waals surface area contributed by atoms with Gasteiger partial charge in [0.2, 0.25) is 0 Å². The normalized spacial score (nSPS) is 10.2. The molecule has 1 aromatic carbocycles. The van der Waals surface area contributed by atoms with E-state index in [4.69, 9.17) is 18.9 Å². The van der Waals surface area contributed by atoms with E-state index < -0.39 is 24.5 Å². The van der Waals surface area contributed by atoms with E-state index in [1.165, 1.54) is 37.7 Å². The molecule has 9 heteroatoms. The fourth-order valence-electron chi connectivity index (χ4n) is 2.37. The number of rotatable bonds is 9. The van der Waals surface area contributed by atoms with E-state index in [-0.39, 0.29) is 17.7 Å². The largest absolute Gasteiger partial charge is 0.497 e. The summed E-state index contributed by atoms with van der Waals surface area (Å²) in [5, 5.41) is 2.97. The zero-order valence-electron chi connectivity index (χ0n) is 16.7. The van der Waals surface area contributed by atoms with Gasteiger partial charge in [-0.05, 0) is 31.5 Å². The smallest absolute Gasteiger partial charge is 0.341 e. The number of nitrogens with one attached hydrogen (secondary N) is 1. The van der Waals surface area contributed by atoms with E-state index in [1.54, 1.807) is 19.1 Å². The highest BCUT2D eigenvalue weighted by molar-refractivity contribution is 7.16. The second-order valence-corrected chi connectivity index (χ2v) is 6.89. The fourth-order valence-corrected chi connectivity index (χ4v) is 3.37. The van der Waals surface area contributed by atoms with E-state index in [0.29, 0.717) is 22.9 Å². The van der Waals surface area contributed by atoms with Crippen molar-refractivity contribution in [1.82, 2.24) is 0 Å². The summed E-state index contributed by atoms with van der Waals surface area (Å²) in [5.74, 6) is -0.943. The van der Waals surface area contributed by atoms with Crippen LogP contribution in [0.3, 0.4) is 0 Å². The Morgan fingerprint density at radius 2 is 1.59 bits per heavy atom. The summed E-state index contributed by atoms with van der Waals surface area (Å²) in [6, 6.07) is 6.26. The summed E-state index contributed by atoms with van der Waals surface area (Å²) < 4.78 is 20.3. The maximum absolute atomic E-state index is 12.3. The number of carbonyl (C=O) groups is 3. The van der Waals surface area contributed by atoms with Gasteiger partial charge in [-0.3, -0.25) is 4.79 Å². The standard InChI is InChI=1S/C20H23NO7S/c1-5-15-10-16(20(24)27-6-2)18(29-15)21-17(22)11-28-19(23)12-7-13(25-3)9-14(8-12)26-4/h7-10H,5-6,11H2,1-4H3,(H,21,22). The first kappa shape index (κ1) is 22.2. The van der Waals surface area contributed by atoms with Gasteiger partial charge in [0, 0.05) is 10.9 Å². The molecule has 0 bridgehead atoms. The van der Waals surface area contributed by atoms with Crippen molar-refractivity contribution in [3.8, 4) is 11.5 Å². The van der Waals surface area contributed by atoms with Crippen molar-refractivity contribution in [2.45, 2.75) is 20.3 Å². The third-order valence-corrected chi connectivity index (χ3v) is 5.00. The van der Waals surface area contributed by atoms with Crippen molar-refractivity contribution in [2.75, 3.05) is 32.8 Å². The van der Waals surface area contributed by atoms with Crippen LogP contribution in [0.4, 0.5) is 5.00 Å². The number of methoxy groups -OCH3 is 2. The molecule has 0 unspecified atom stereocenters. The molecule has 0 aliphatic carbocycles. The third-order valence-electron chi connectivity index (χ3n) is 3.80. The van der Waals surface area contributed by atoms with Crippen LogP contribution in [0.5, 0.6) is 11.5 Å². The topological polar surface area (TPSA) is 100 Å². The van der Waals surface area contributed by atoms with Crippen LogP contribution < -0.4 is 14.8 Å². The monoisotopic (exact) mass is 421 g/mol. The molecule has 0 aliphatic heterocycles. The molecule has 1 aromatic heterocycles. The second-order valence-electron chi connectivity index (χ2n) is 5.76. The molecule has 29 heavy (non-hydrogen) atoms. The lowest BCUT2D eigenvalue weighted by molar-refractivity contribution is -0.119. The first-order chi connectivity index (χ1) is 13.9. The summed E-state index contributed by atoms with van der Waals surface area (Å²) in [7, 11) is 2.92. The molecule has 0 saturated heterocycles. The number of aryl methyl sites for hydroxylation is 1. The highest BCUT2D eigenvalue weighted by Gasteiger charge is 2.20. The number of carbonyl (C=O) groups excluding carboxylic acids is 3. The first-order valence-corrected chi connectivity index (χ1v) is 9.73. The van der Waals surface area contributed by atoms with E-state index in [0.717, 1.165) is 4.88 Å². The van der Waals surface area contributed by atoms with Crippen LogP contribution in [0.15, 0.2) is 24.3 Å². The van der Waals surface area contributed by atoms with E-state index in [9.17, 15) is 14.4 Å². The van der Waals surface area contributed by atoms with Gasteiger partial charge in [0.25, 0.3) is 5.91 Å². The minimum atomic E-state index is -0.705. The number of hydrogen-bond acceptors (Lipinski definition) is 8. The molecule has 0 aliphatic rings. The van der Waals surface area contributed by atoms with Gasteiger partial charge in [-0.25, -0.2) is 9.59 Å². The summed E-state index contributed by atoms with van der Waals surface area (Å²) in [4.78, 5) is 37.5. The molecule has 0 atom stereocenters. The lowest BCUT2D eigenvalue weighted by Crippen LogP contribution is -2.21. The molecule has 0 radical (unpaired) electrons. The Morgan fingerprint density at radius 3 is 2.14 bits per heavy atom. The zero-order chi connectivity index (χ0) is 21.4. The van der Waals surface area contributed by atoms with Gasteiger partial charge in [0.05, 0.1) is 32.0 Å². The average Bonchev–Trinajstić information content (AvgIpc) is 3.14. The number of thiophene rings is 1. The molecule has 1 heterocycles. The van der Waals surface area contributed by atoms with Crippen LogP contribution in [0.1, 0.15) is 39.4 Å². The Hall–Kier alpha value is -3.07. The van der Waals surface area contributed by atoms with E-state index >= 15 is 0 Å². The van der Waals surface area contributed by atoms with Crippen molar-refractivity contribution < 1.29 is 33.3 Å². The molecule has 0 fully saturated rings. The lowest BCUT2D eigenvalue weighted by Gasteiger charge is -2.09. The van der Waals surface area contributed by atoms with Crippen molar-refractivity contribution in [3.05, 3.63) is 40.3 Å². The molecule has 1 amide bonds. The third kappa shape index (κ3) is 5.95. The van der Waals surface area contributed by atoms with E-state index in [2.05, 4.69) is 5.32 Å². The molecule has 0 saturated carbocycles. The molecule has 2 aromatic rings. The molecular weight excluding hydrogens is 398 g/mol. The number of esters is 2. The van der Waals surface area contributed by atoms with Crippen molar-refractivity contribution in [1.29, 1.82) is 0 Å². The Labute approximate surface area is 172 Å². The van der Waals surface area contributed by atoms with Gasteiger partial charge in [-0.15, -0.1) is 11.3 Å². The Kier molecular flexibility index (Phi) is 8.02. The first-order valence-electron chi connectivity index (χ1n) is 8.91. The molecule has 156 valence electrons. The van der Waals surface area contributed by atoms with Gasteiger partial charge in [-0.1, -0.05) is 6.92 Å². The average molecular weight is 421 g/mol. The maximum atomic E-state index is 12.3. The molecule has 0 spiro atoms. The van der Waals surface area contributed by atoms with Gasteiger partial charge in [-0.2, -0.15) is 0 Å². The minimum absolute atomic E-state index is 0.186. The number of hydrogen-bond donors (Lipinski definition) is 1. The van der Waals surface area contributed by atoms with Crippen molar-refractivity contribution >= 4 is 34.2 Å². The molecular formula is C20H23NO7S. The van der Waals surface area contributed by atoms with Crippen molar-refractivity contribution in [3.63, 3.8) is 0 Å². The predicted molar refractivity (Wildman–Crippen MR) is 108 cm³/mol. The number of benzene rings is 1. The summed E-state index contributed by atoms with van der Waals surface area (Å²) in [6.45, 7) is 3.36. The summed E-state index contributed by atoms with van der Waals surface area (Å²) in [6.07, 6.45) is 0.708. The zero-order valence-corrected chi connectivity index (χ0v) is 17.5. The number of amides is 1. The Bertz CT molecular complexity index is 869. The van der Waals surface area contributed by atoms with Gasteiger partial charge >= 0.3 is 11.9 Å². The van der Waals surface area contributed by atoms with Gasteiger partial charge in [0.1, 0.15) is 16.5 Å². The number of ether oxygens (including phenoxy) is 4. The van der Waals surface area contributed by atoms with Crippen LogP contribution in [-0.4, -0.2) is 45.3 Å². The molecule has 2 rings (SSSR count). The van der Waals surface area contributed by atoms with Crippen LogP contribution in [-0.2, 0) is 20.7 Å². The number of anilines is 1. The molecule has 8 nitrogen and oxygen atoms in total. The maximum Gasteiger partial charge on any atom is 0.341 e. The van der Waals surface area contributed by atoms with Crippen molar-refractivity contribution in [2.24, 2.45) is 0 Å². The van der Waals surface area contributed by atoms with Gasteiger partial charge in [0.15, 0.2) is 6.61 Å². The summed E-state index contributed by atoms with van der Waals surface area (Å²) >= 11 is 1.28. The summed E-state index contributed by atoms with van der Waals surface area (Å²) in [5.41, 5.74) is 0.469. The quantitative estimate of drug-likeness (QED) is 0.620. The SMILES string of the molecule is CCOC(=O)c1cc(CC)sc1NC(=O)COC(=O)c1cc(OC)cc(OC)c1. The highest BCUT2D eigenvalue weighted by atomic mass is 32.1. The lowest BCUT2D eigenvalue weighted by atomic mass is 10.2.